The summed E-state index contributed by atoms with van der Waals surface area (Å²) in [6.45, 7) is 1.60. The molecule has 1 amide bonds. The highest BCUT2D eigenvalue weighted by Gasteiger charge is 2.24. The fourth-order valence-corrected chi connectivity index (χ4v) is 3.83. The van der Waals surface area contributed by atoms with Crippen molar-refractivity contribution in [2.24, 2.45) is 5.92 Å². The Bertz CT molecular complexity index is 946. The zero-order valence-corrected chi connectivity index (χ0v) is 16.7. The number of aromatic nitrogens is 3. The molecule has 0 unspecified atom stereocenters. The molecule has 4 rings (SSSR count). The van der Waals surface area contributed by atoms with Crippen LogP contribution in [0.1, 0.15) is 24.2 Å². The molecule has 6 heteroatoms. The lowest BCUT2D eigenvalue weighted by atomic mass is 9.93. The molecule has 1 saturated heterocycles. The summed E-state index contributed by atoms with van der Waals surface area (Å²) >= 11 is 0. The molecule has 1 aliphatic rings. The second-order valence-corrected chi connectivity index (χ2v) is 7.53. The summed E-state index contributed by atoms with van der Waals surface area (Å²) < 4.78 is 5.24. The number of rotatable bonds is 6. The topological polar surface area (TPSA) is 71.1 Å². The van der Waals surface area contributed by atoms with Crippen molar-refractivity contribution in [3.63, 3.8) is 0 Å². The maximum absolute atomic E-state index is 12.6. The first-order chi connectivity index (χ1) is 14.2. The largest absolute Gasteiger partial charge is 0.497 e. The van der Waals surface area contributed by atoms with E-state index in [1.54, 1.807) is 7.11 Å². The third-order valence-corrected chi connectivity index (χ3v) is 5.50. The van der Waals surface area contributed by atoms with Gasteiger partial charge in [0.25, 0.3) is 0 Å². The monoisotopic (exact) mass is 390 g/mol. The summed E-state index contributed by atoms with van der Waals surface area (Å²) in [4.78, 5) is 19.3. The summed E-state index contributed by atoms with van der Waals surface area (Å²) in [6, 6.07) is 17.7. The normalized spacial score (nSPS) is 14.7. The van der Waals surface area contributed by atoms with E-state index in [2.05, 4.69) is 15.2 Å². The van der Waals surface area contributed by atoms with E-state index in [4.69, 9.17) is 4.74 Å². The summed E-state index contributed by atoms with van der Waals surface area (Å²) in [5, 5.41) is 7.42. The zero-order valence-electron chi connectivity index (χ0n) is 16.7. The van der Waals surface area contributed by atoms with Crippen LogP contribution in [0.15, 0.2) is 54.6 Å². The van der Waals surface area contributed by atoms with Gasteiger partial charge in [0, 0.05) is 25.1 Å². The molecule has 1 aromatic heterocycles. The van der Waals surface area contributed by atoms with Gasteiger partial charge in [-0.2, -0.15) is 5.10 Å². The van der Waals surface area contributed by atoms with Crippen LogP contribution in [-0.2, 0) is 17.6 Å². The number of carbonyl (C=O) groups is 1. The number of carbonyl (C=O) groups excluding carboxylic acids is 1. The smallest absolute Gasteiger partial charge is 0.226 e. The number of ether oxygens (including phenoxy) is 1. The van der Waals surface area contributed by atoms with Gasteiger partial charge in [0.15, 0.2) is 5.82 Å². The number of likely N-dealkylation sites (tertiary alicyclic amines) is 1. The fraction of sp³-hybridized carbons (Fsp3) is 0.348. The molecule has 0 saturated carbocycles. The van der Waals surface area contributed by atoms with Crippen LogP contribution in [0.3, 0.4) is 0 Å². The molecule has 0 atom stereocenters. The van der Waals surface area contributed by atoms with E-state index in [1.165, 1.54) is 0 Å². The molecule has 2 heterocycles. The van der Waals surface area contributed by atoms with Crippen molar-refractivity contribution in [3.8, 4) is 17.1 Å². The van der Waals surface area contributed by atoms with Crippen LogP contribution in [0.2, 0.25) is 0 Å². The highest BCUT2D eigenvalue weighted by Crippen LogP contribution is 2.23. The third-order valence-electron chi connectivity index (χ3n) is 5.50. The van der Waals surface area contributed by atoms with Gasteiger partial charge in [-0.05, 0) is 36.5 Å². The van der Waals surface area contributed by atoms with E-state index < -0.39 is 0 Å². The zero-order chi connectivity index (χ0) is 20.1. The molecule has 0 spiro atoms. The first-order valence-electron chi connectivity index (χ1n) is 10.1. The number of hydrogen-bond acceptors (Lipinski definition) is 4. The molecule has 2 aromatic carbocycles. The SMILES string of the molecule is COc1cccc(CC(=O)N2CCC(Cc3nc(-c4ccccc4)n[nH]3)CC2)c1. The number of piperidine rings is 1. The Kier molecular flexibility index (Phi) is 5.89. The first-order valence-corrected chi connectivity index (χ1v) is 10.1. The first kappa shape index (κ1) is 19.2. The third kappa shape index (κ3) is 4.83. The number of methoxy groups -OCH3 is 1. The molecular formula is C23H26N4O2. The van der Waals surface area contributed by atoms with Crippen LogP contribution in [0.25, 0.3) is 11.4 Å². The van der Waals surface area contributed by atoms with Crippen molar-refractivity contribution in [2.45, 2.75) is 25.7 Å². The van der Waals surface area contributed by atoms with Crippen LogP contribution >= 0.6 is 0 Å². The van der Waals surface area contributed by atoms with Gasteiger partial charge in [-0.1, -0.05) is 42.5 Å². The highest BCUT2D eigenvalue weighted by atomic mass is 16.5. The van der Waals surface area contributed by atoms with E-state index >= 15 is 0 Å². The average molecular weight is 390 g/mol. The molecule has 0 radical (unpaired) electrons. The molecule has 0 bridgehead atoms. The van der Waals surface area contributed by atoms with Crippen molar-refractivity contribution in [1.29, 1.82) is 0 Å². The van der Waals surface area contributed by atoms with Gasteiger partial charge in [-0.15, -0.1) is 0 Å². The Morgan fingerprint density at radius 1 is 1.14 bits per heavy atom. The van der Waals surface area contributed by atoms with E-state index in [1.807, 2.05) is 59.5 Å². The number of H-pyrrole nitrogens is 1. The fourth-order valence-electron chi connectivity index (χ4n) is 3.83. The molecule has 1 aliphatic heterocycles. The summed E-state index contributed by atoms with van der Waals surface area (Å²) in [5.41, 5.74) is 2.01. The van der Waals surface area contributed by atoms with Gasteiger partial charge in [-0.25, -0.2) is 4.98 Å². The summed E-state index contributed by atoms with van der Waals surface area (Å²) in [6.07, 6.45) is 3.28. The lowest BCUT2D eigenvalue weighted by molar-refractivity contribution is -0.131. The van der Waals surface area contributed by atoms with Crippen LogP contribution in [0, 0.1) is 5.92 Å². The Hall–Kier alpha value is -3.15. The molecule has 1 fully saturated rings. The van der Waals surface area contributed by atoms with Crippen molar-refractivity contribution >= 4 is 5.91 Å². The predicted molar refractivity (Wildman–Crippen MR) is 112 cm³/mol. The number of amides is 1. The average Bonchev–Trinajstić information content (AvgIpc) is 3.23. The quantitative estimate of drug-likeness (QED) is 0.699. The van der Waals surface area contributed by atoms with Crippen molar-refractivity contribution in [1.82, 2.24) is 20.1 Å². The van der Waals surface area contributed by atoms with Crippen molar-refractivity contribution in [3.05, 3.63) is 66.0 Å². The second kappa shape index (κ2) is 8.90. The molecule has 3 aromatic rings. The summed E-state index contributed by atoms with van der Waals surface area (Å²) in [5.74, 6) is 3.16. The maximum atomic E-state index is 12.6. The van der Waals surface area contributed by atoms with Gasteiger partial charge in [0.1, 0.15) is 11.6 Å². The Labute approximate surface area is 170 Å². The molecule has 6 nitrogen and oxygen atoms in total. The molecule has 150 valence electrons. The summed E-state index contributed by atoms with van der Waals surface area (Å²) in [7, 11) is 1.64. The minimum atomic E-state index is 0.183. The Morgan fingerprint density at radius 3 is 2.69 bits per heavy atom. The Balaban J connectivity index is 1.28. The number of hydrogen-bond donors (Lipinski definition) is 1. The number of nitrogens with zero attached hydrogens (tertiary/aromatic N) is 3. The van der Waals surface area contributed by atoms with Crippen LogP contribution in [-0.4, -0.2) is 46.2 Å². The van der Waals surface area contributed by atoms with E-state index in [0.717, 1.165) is 60.9 Å². The van der Waals surface area contributed by atoms with E-state index in [9.17, 15) is 4.79 Å². The number of aromatic amines is 1. The standard InChI is InChI=1S/C23H26N4O2/c1-29-20-9-5-6-18(14-20)16-22(28)27-12-10-17(11-13-27)15-21-24-23(26-25-21)19-7-3-2-4-8-19/h2-9,14,17H,10-13,15-16H2,1H3,(H,24,25,26). The van der Waals surface area contributed by atoms with E-state index in [0.29, 0.717) is 12.3 Å². The van der Waals surface area contributed by atoms with Crippen LogP contribution in [0.4, 0.5) is 0 Å². The highest BCUT2D eigenvalue weighted by molar-refractivity contribution is 5.79. The molecule has 0 aliphatic carbocycles. The maximum Gasteiger partial charge on any atom is 0.226 e. The van der Waals surface area contributed by atoms with Crippen molar-refractivity contribution < 1.29 is 9.53 Å². The molecule has 29 heavy (non-hydrogen) atoms. The van der Waals surface area contributed by atoms with Gasteiger partial charge in [0.05, 0.1) is 13.5 Å². The van der Waals surface area contributed by atoms with Crippen LogP contribution < -0.4 is 4.74 Å². The minimum absolute atomic E-state index is 0.183. The lowest BCUT2D eigenvalue weighted by Gasteiger charge is -2.31. The van der Waals surface area contributed by atoms with Gasteiger partial charge < -0.3 is 9.64 Å². The van der Waals surface area contributed by atoms with Gasteiger partial charge in [0.2, 0.25) is 5.91 Å². The number of nitrogens with one attached hydrogen (secondary N) is 1. The second-order valence-electron chi connectivity index (χ2n) is 7.53. The van der Waals surface area contributed by atoms with E-state index in [-0.39, 0.29) is 5.91 Å². The predicted octanol–water partition coefficient (Wildman–Crippen LogP) is 3.50. The van der Waals surface area contributed by atoms with Gasteiger partial charge >= 0.3 is 0 Å². The molecular weight excluding hydrogens is 364 g/mol. The van der Waals surface area contributed by atoms with Crippen molar-refractivity contribution in [2.75, 3.05) is 20.2 Å². The minimum Gasteiger partial charge on any atom is -0.497 e. The van der Waals surface area contributed by atoms with Crippen LogP contribution in [0.5, 0.6) is 5.75 Å². The Morgan fingerprint density at radius 2 is 1.93 bits per heavy atom. The molecule has 1 N–H and O–H groups in total. The number of benzene rings is 2. The lowest BCUT2D eigenvalue weighted by Crippen LogP contribution is -2.39. The van der Waals surface area contributed by atoms with Gasteiger partial charge in [-0.3, -0.25) is 9.89 Å².